The summed E-state index contributed by atoms with van der Waals surface area (Å²) in [5.74, 6) is 0.831. The van der Waals surface area contributed by atoms with Crippen LogP contribution in [0.1, 0.15) is 32.1 Å². The van der Waals surface area contributed by atoms with Crippen molar-refractivity contribution in [1.82, 2.24) is 10.2 Å². The van der Waals surface area contributed by atoms with Gasteiger partial charge in [0.1, 0.15) is 0 Å². The van der Waals surface area contributed by atoms with Gasteiger partial charge < -0.3 is 10.1 Å². The Morgan fingerprint density at radius 2 is 1.94 bits per heavy atom. The molecule has 16 heavy (non-hydrogen) atoms. The van der Waals surface area contributed by atoms with Crippen molar-refractivity contribution in [2.75, 3.05) is 32.8 Å². The Hall–Kier alpha value is -0.120. The third-order valence-corrected chi connectivity index (χ3v) is 4.65. The fourth-order valence-corrected chi connectivity index (χ4v) is 3.81. The SMILES string of the molecule is C1CC2COCCN(C3CCNCC3)C2C1. The first-order valence-corrected chi connectivity index (χ1v) is 6.99. The molecule has 0 amide bonds. The molecule has 0 aromatic carbocycles. The van der Waals surface area contributed by atoms with E-state index in [1.54, 1.807) is 0 Å². The largest absolute Gasteiger partial charge is 0.380 e. The maximum absolute atomic E-state index is 5.77. The highest BCUT2D eigenvalue weighted by atomic mass is 16.5. The molecular formula is C13H24N2O. The normalized spacial score (nSPS) is 38.2. The van der Waals surface area contributed by atoms with Gasteiger partial charge in [-0.3, -0.25) is 4.90 Å². The molecule has 0 aromatic rings. The fourth-order valence-electron chi connectivity index (χ4n) is 3.81. The first kappa shape index (κ1) is 11.0. The van der Waals surface area contributed by atoms with E-state index >= 15 is 0 Å². The van der Waals surface area contributed by atoms with Gasteiger partial charge in [0.05, 0.1) is 13.2 Å². The van der Waals surface area contributed by atoms with Crippen molar-refractivity contribution in [2.24, 2.45) is 5.92 Å². The number of piperidine rings is 1. The average Bonchev–Trinajstić information content (AvgIpc) is 2.70. The molecule has 1 N–H and O–H groups in total. The zero-order chi connectivity index (χ0) is 10.8. The van der Waals surface area contributed by atoms with Crippen LogP contribution >= 0.6 is 0 Å². The van der Waals surface area contributed by atoms with Crippen molar-refractivity contribution in [1.29, 1.82) is 0 Å². The summed E-state index contributed by atoms with van der Waals surface area (Å²) in [6, 6.07) is 1.67. The molecule has 0 bridgehead atoms. The molecule has 1 saturated carbocycles. The molecule has 2 unspecified atom stereocenters. The molecule has 3 aliphatic rings. The first-order valence-electron chi connectivity index (χ1n) is 6.99. The number of nitrogens with zero attached hydrogens (tertiary/aromatic N) is 1. The van der Waals surface area contributed by atoms with Gasteiger partial charge in [-0.1, -0.05) is 6.42 Å². The monoisotopic (exact) mass is 224 g/mol. The first-order chi connectivity index (χ1) is 7.95. The zero-order valence-corrected chi connectivity index (χ0v) is 10.2. The van der Waals surface area contributed by atoms with E-state index in [0.29, 0.717) is 0 Å². The van der Waals surface area contributed by atoms with Crippen LogP contribution in [0.25, 0.3) is 0 Å². The summed E-state index contributed by atoms with van der Waals surface area (Å²) in [4.78, 5) is 2.80. The van der Waals surface area contributed by atoms with Gasteiger partial charge in [-0.25, -0.2) is 0 Å². The highest BCUT2D eigenvalue weighted by molar-refractivity contribution is 4.91. The topological polar surface area (TPSA) is 24.5 Å². The van der Waals surface area contributed by atoms with Crippen molar-refractivity contribution in [2.45, 2.75) is 44.2 Å². The molecule has 0 aromatic heterocycles. The van der Waals surface area contributed by atoms with E-state index < -0.39 is 0 Å². The predicted molar refractivity (Wildman–Crippen MR) is 64.5 cm³/mol. The second-order valence-corrected chi connectivity index (χ2v) is 5.55. The van der Waals surface area contributed by atoms with Crippen LogP contribution in [0.4, 0.5) is 0 Å². The Kier molecular flexibility index (Phi) is 3.46. The van der Waals surface area contributed by atoms with E-state index in [1.165, 1.54) is 51.7 Å². The Balaban J connectivity index is 1.70. The van der Waals surface area contributed by atoms with Crippen LogP contribution in [0.5, 0.6) is 0 Å². The molecular weight excluding hydrogens is 200 g/mol. The molecule has 2 heterocycles. The number of hydrogen-bond donors (Lipinski definition) is 1. The van der Waals surface area contributed by atoms with Crippen molar-refractivity contribution in [3.05, 3.63) is 0 Å². The van der Waals surface area contributed by atoms with Crippen LogP contribution in [0, 0.1) is 5.92 Å². The van der Waals surface area contributed by atoms with Crippen LogP contribution in [0.3, 0.4) is 0 Å². The smallest absolute Gasteiger partial charge is 0.0593 e. The van der Waals surface area contributed by atoms with Crippen molar-refractivity contribution in [3.63, 3.8) is 0 Å². The number of ether oxygens (including phenoxy) is 1. The second kappa shape index (κ2) is 5.03. The third-order valence-electron chi connectivity index (χ3n) is 4.65. The minimum atomic E-state index is 0.827. The molecule has 2 saturated heterocycles. The molecule has 92 valence electrons. The highest BCUT2D eigenvalue weighted by Crippen LogP contribution is 2.34. The number of rotatable bonds is 1. The molecule has 3 rings (SSSR count). The van der Waals surface area contributed by atoms with E-state index in [1.807, 2.05) is 0 Å². The van der Waals surface area contributed by atoms with Gasteiger partial charge in [0.15, 0.2) is 0 Å². The summed E-state index contributed by atoms with van der Waals surface area (Å²) in [6.45, 7) is 5.56. The second-order valence-electron chi connectivity index (χ2n) is 5.55. The van der Waals surface area contributed by atoms with Crippen LogP contribution in [-0.4, -0.2) is 49.8 Å². The van der Waals surface area contributed by atoms with Gasteiger partial charge >= 0.3 is 0 Å². The highest BCUT2D eigenvalue weighted by Gasteiger charge is 2.37. The summed E-state index contributed by atoms with van der Waals surface area (Å²) in [5, 5.41) is 3.47. The molecule has 1 aliphatic carbocycles. The van der Waals surface area contributed by atoms with Crippen LogP contribution in [0.15, 0.2) is 0 Å². The summed E-state index contributed by atoms with van der Waals surface area (Å²) in [6.07, 6.45) is 6.90. The standard InChI is InChI=1S/C13H24N2O/c1-2-11-10-16-9-8-15(13(11)3-1)12-4-6-14-7-5-12/h11-14H,1-10H2. The zero-order valence-electron chi connectivity index (χ0n) is 10.2. The maximum atomic E-state index is 5.77. The Morgan fingerprint density at radius 3 is 2.81 bits per heavy atom. The lowest BCUT2D eigenvalue weighted by molar-refractivity contribution is 0.0990. The van der Waals surface area contributed by atoms with Crippen molar-refractivity contribution >= 4 is 0 Å². The van der Waals surface area contributed by atoms with E-state index in [0.717, 1.165) is 31.2 Å². The summed E-state index contributed by atoms with van der Waals surface area (Å²) in [5.41, 5.74) is 0. The van der Waals surface area contributed by atoms with E-state index in [-0.39, 0.29) is 0 Å². The molecule has 2 aliphatic heterocycles. The Labute approximate surface area is 98.5 Å². The van der Waals surface area contributed by atoms with Gasteiger partial charge in [-0.15, -0.1) is 0 Å². The van der Waals surface area contributed by atoms with Crippen LogP contribution in [-0.2, 0) is 4.74 Å². The molecule has 0 spiro atoms. The molecule has 3 nitrogen and oxygen atoms in total. The van der Waals surface area contributed by atoms with Gasteiger partial charge in [0.2, 0.25) is 0 Å². The Bertz CT molecular complexity index is 228. The molecule has 3 heteroatoms. The van der Waals surface area contributed by atoms with Crippen molar-refractivity contribution in [3.8, 4) is 0 Å². The molecule has 3 fully saturated rings. The third kappa shape index (κ3) is 2.13. The number of hydrogen-bond acceptors (Lipinski definition) is 3. The van der Waals surface area contributed by atoms with E-state index in [2.05, 4.69) is 10.2 Å². The van der Waals surface area contributed by atoms with Crippen molar-refractivity contribution < 1.29 is 4.74 Å². The van der Waals surface area contributed by atoms with Gasteiger partial charge in [-0.2, -0.15) is 0 Å². The van der Waals surface area contributed by atoms with Crippen LogP contribution in [0.2, 0.25) is 0 Å². The lowest BCUT2D eigenvalue weighted by Crippen LogP contribution is -2.49. The minimum absolute atomic E-state index is 0.827. The summed E-state index contributed by atoms with van der Waals surface area (Å²) < 4.78 is 5.77. The van der Waals surface area contributed by atoms with Gasteiger partial charge in [0, 0.05) is 18.6 Å². The lowest BCUT2D eigenvalue weighted by atomic mass is 9.97. The fraction of sp³-hybridized carbons (Fsp3) is 1.00. The lowest BCUT2D eigenvalue weighted by Gasteiger charge is -2.39. The van der Waals surface area contributed by atoms with Crippen LogP contribution < -0.4 is 5.32 Å². The number of fused-ring (bicyclic) bond motifs is 1. The predicted octanol–water partition coefficient (Wildman–Crippen LogP) is 1.24. The summed E-state index contributed by atoms with van der Waals surface area (Å²) in [7, 11) is 0. The average molecular weight is 224 g/mol. The Morgan fingerprint density at radius 1 is 1.06 bits per heavy atom. The summed E-state index contributed by atoms with van der Waals surface area (Å²) >= 11 is 0. The van der Waals surface area contributed by atoms with Gasteiger partial charge in [0.25, 0.3) is 0 Å². The van der Waals surface area contributed by atoms with Gasteiger partial charge in [-0.05, 0) is 44.7 Å². The molecule has 0 radical (unpaired) electrons. The molecule has 2 atom stereocenters. The maximum Gasteiger partial charge on any atom is 0.0593 e. The quantitative estimate of drug-likeness (QED) is 0.725. The van der Waals surface area contributed by atoms with E-state index in [4.69, 9.17) is 4.74 Å². The minimum Gasteiger partial charge on any atom is -0.380 e. The van der Waals surface area contributed by atoms with E-state index in [9.17, 15) is 0 Å². The number of nitrogens with one attached hydrogen (secondary N) is 1.